The van der Waals surface area contributed by atoms with Gasteiger partial charge in [-0.3, -0.25) is 4.79 Å². The van der Waals surface area contributed by atoms with Crippen molar-refractivity contribution in [1.82, 2.24) is 4.98 Å². The molecule has 0 aliphatic heterocycles. The number of thiazole rings is 1. The minimum atomic E-state index is 0.0422. The quantitative estimate of drug-likeness (QED) is 0.649. The fourth-order valence-electron chi connectivity index (χ4n) is 1.24. The number of aryl methyl sites for hydroxylation is 1. The number of benzene rings is 1. The minimum absolute atomic E-state index is 0.0422. The molecule has 0 aliphatic rings. The van der Waals surface area contributed by atoms with Crippen LogP contribution in [-0.2, 0) is 0 Å². The van der Waals surface area contributed by atoms with Crippen LogP contribution in [0.1, 0.15) is 22.3 Å². The molecule has 1 heterocycles. The van der Waals surface area contributed by atoms with Gasteiger partial charge in [0.15, 0.2) is 10.8 Å². The monoisotopic (exact) mass is 191 g/mol. The molecule has 2 rings (SSSR count). The summed E-state index contributed by atoms with van der Waals surface area (Å²) < 4.78 is 1.09. The van der Waals surface area contributed by atoms with Gasteiger partial charge in [-0.15, -0.1) is 11.3 Å². The van der Waals surface area contributed by atoms with E-state index >= 15 is 0 Å². The van der Waals surface area contributed by atoms with E-state index in [0.29, 0.717) is 5.01 Å². The normalized spacial score (nSPS) is 10.6. The van der Waals surface area contributed by atoms with E-state index in [1.165, 1.54) is 11.3 Å². The average Bonchev–Trinajstić information content (AvgIpc) is 2.49. The van der Waals surface area contributed by atoms with Crippen LogP contribution < -0.4 is 0 Å². The van der Waals surface area contributed by atoms with E-state index < -0.39 is 0 Å². The standard InChI is InChI=1S/C10H9NOS/c1-6-4-3-5-8-9(6)11-10(13-8)7(2)12/h3-5H,1-2H3. The van der Waals surface area contributed by atoms with Crippen molar-refractivity contribution in [1.29, 1.82) is 0 Å². The SMILES string of the molecule is CC(=O)c1nc2c(C)cccc2s1. The molecule has 0 saturated carbocycles. The largest absolute Gasteiger partial charge is 0.292 e. The number of fused-ring (bicyclic) bond motifs is 1. The summed E-state index contributed by atoms with van der Waals surface area (Å²) in [5.41, 5.74) is 2.08. The molecule has 2 nitrogen and oxygen atoms in total. The van der Waals surface area contributed by atoms with Gasteiger partial charge >= 0.3 is 0 Å². The molecule has 0 atom stereocenters. The Morgan fingerprint density at radius 2 is 2.23 bits per heavy atom. The van der Waals surface area contributed by atoms with E-state index in [9.17, 15) is 4.79 Å². The average molecular weight is 191 g/mol. The fraction of sp³-hybridized carbons (Fsp3) is 0.200. The maximum Gasteiger partial charge on any atom is 0.188 e. The summed E-state index contributed by atoms with van der Waals surface area (Å²) >= 11 is 1.46. The van der Waals surface area contributed by atoms with Gasteiger partial charge in [-0.05, 0) is 18.6 Å². The fourth-order valence-corrected chi connectivity index (χ4v) is 2.18. The molecule has 13 heavy (non-hydrogen) atoms. The van der Waals surface area contributed by atoms with E-state index in [1.807, 2.05) is 25.1 Å². The van der Waals surface area contributed by atoms with Crippen LogP contribution in [0, 0.1) is 6.92 Å². The smallest absolute Gasteiger partial charge is 0.188 e. The van der Waals surface area contributed by atoms with Crippen molar-refractivity contribution in [3.05, 3.63) is 28.8 Å². The predicted molar refractivity (Wildman–Crippen MR) is 54.4 cm³/mol. The first-order chi connectivity index (χ1) is 6.18. The third kappa shape index (κ3) is 1.35. The lowest BCUT2D eigenvalue weighted by molar-refractivity contribution is 0.101. The first kappa shape index (κ1) is 8.38. The van der Waals surface area contributed by atoms with Crippen LogP contribution in [0.15, 0.2) is 18.2 Å². The summed E-state index contributed by atoms with van der Waals surface area (Å²) in [5.74, 6) is 0.0422. The third-order valence-electron chi connectivity index (χ3n) is 1.92. The lowest BCUT2D eigenvalue weighted by Gasteiger charge is -1.90. The Morgan fingerprint density at radius 1 is 1.46 bits per heavy atom. The number of Topliss-reactive ketones (excluding diaryl/α,β-unsaturated/α-hetero) is 1. The maximum atomic E-state index is 11.1. The zero-order valence-electron chi connectivity index (χ0n) is 7.50. The molecule has 0 unspecified atom stereocenters. The van der Waals surface area contributed by atoms with Gasteiger partial charge in [0, 0.05) is 6.92 Å². The van der Waals surface area contributed by atoms with Gasteiger partial charge in [0.1, 0.15) is 0 Å². The molecular weight excluding hydrogens is 182 g/mol. The Labute approximate surface area is 80.2 Å². The van der Waals surface area contributed by atoms with Crippen molar-refractivity contribution in [3.8, 4) is 0 Å². The highest BCUT2D eigenvalue weighted by molar-refractivity contribution is 7.20. The van der Waals surface area contributed by atoms with Crippen LogP contribution >= 0.6 is 11.3 Å². The van der Waals surface area contributed by atoms with Gasteiger partial charge in [-0.2, -0.15) is 0 Å². The summed E-state index contributed by atoms with van der Waals surface area (Å²) in [5, 5.41) is 0.601. The van der Waals surface area contributed by atoms with E-state index in [0.717, 1.165) is 15.8 Å². The molecular formula is C10H9NOS. The van der Waals surface area contributed by atoms with Gasteiger partial charge in [0.25, 0.3) is 0 Å². The number of hydrogen-bond acceptors (Lipinski definition) is 3. The van der Waals surface area contributed by atoms with Crippen LogP contribution in [0.4, 0.5) is 0 Å². The number of rotatable bonds is 1. The molecule has 2 aromatic rings. The number of hydrogen-bond donors (Lipinski definition) is 0. The topological polar surface area (TPSA) is 30.0 Å². The van der Waals surface area contributed by atoms with Gasteiger partial charge in [-0.1, -0.05) is 12.1 Å². The molecule has 66 valence electrons. The van der Waals surface area contributed by atoms with Crippen LogP contribution in [0.3, 0.4) is 0 Å². The van der Waals surface area contributed by atoms with E-state index in [2.05, 4.69) is 4.98 Å². The molecule has 0 radical (unpaired) electrons. The van der Waals surface area contributed by atoms with Crippen LogP contribution in [0.2, 0.25) is 0 Å². The second-order valence-corrected chi connectivity index (χ2v) is 4.03. The highest BCUT2D eigenvalue weighted by Gasteiger charge is 2.08. The van der Waals surface area contributed by atoms with E-state index in [4.69, 9.17) is 0 Å². The highest BCUT2D eigenvalue weighted by Crippen LogP contribution is 2.24. The van der Waals surface area contributed by atoms with Crippen molar-refractivity contribution >= 4 is 27.3 Å². The van der Waals surface area contributed by atoms with Crippen LogP contribution in [0.25, 0.3) is 10.2 Å². The third-order valence-corrected chi connectivity index (χ3v) is 3.04. The molecule has 0 amide bonds. The van der Waals surface area contributed by atoms with Crippen molar-refractivity contribution in [2.24, 2.45) is 0 Å². The minimum Gasteiger partial charge on any atom is -0.292 e. The summed E-state index contributed by atoms with van der Waals surface area (Å²) in [7, 11) is 0. The van der Waals surface area contributed by atoms with E-state index in [-0.39, 0.29) is 5.78 Å². The molecule has 0 saturated heterocycles. The summed E-state index contributed by atoms with van der Waals surface area (Å²) in [6.45, 7) is 3.55. The zero-order valence-corrected chi connectivity index (χ0v) is 8.31. The van der Waals surface area contributed by atoms with Crippen molar-refractivity contribution in [2.45, 2.75) is 13.8 Å². The summed E-state index contributed by atoms with van der Waals surface area (Å²) in [6.07, 6.45) is 0. The maximum absolute atomic E-state index is 11.1. The highest BCUT2D eigenvalue weighted by atomic mass is 32.1. The van der Waals surface area contributed by atoms with Crippen molar-refractivity contribution in [3.63, 3.8) is 0 Å². The van der Waals surface area contributed by atoms with Gasteiger partial charge < -0.3 is 0 Å². The zero-order chi connectivity index (χ0) is 9.42. The Balaban J connectivity index is 2.75. The van der Waals surface area contributed by atoms with Crippen LogP contribution in [-0.4, -0.2) is 10.8 Å². The predicted octanol–water partition coefficient (Wildman–Crippen LogP) is 2.81. The number of nitrogens with zero attached hydrogens (tertiary/aromatic N) is 1. The first-order valence-electron chi connectivity index (χ1n) is 4.05. The Bertz CT molecular complexity index is 473. The molecule has 0 aliphatic carbocycles. The summed E-state index contributed by atoms with van der Waals surface area (Å²) in [6, 6.07) is 5.98. The number of para-hydroxylation sites is 1. The molecule has 0 spiro atoms. The lowest BCUT2D eigenvalue weighted by Crippen LogP contribution is -1.88. The molecule has 0 fully saturated rings. The lowest BCUT2D eigenvalue weighted by atomic mass is 10.2. The number of carbonyl (C=O) groups excluding carboxylic acids is 1. The van der Waals surface area contributed by atoms with Gasteiger partial charge in [0.2, 0.25) is 0 Å². The second-order valence-electron chi connectivity index (χ2n) is 3.00. The summed E-state index contributed by atoms with van der Waals surface area (Å²) in [4.78, 5) is 15.4. The number of carbonyl (C=O) groups is 1. The number of ketones is 1. The van der Waals surface area contributed by atoms with Crippen molar-refractivity contribution in [2.75, 3.05) is 0 Å². The van der Waals surface area contributed by atoms with E-state index in [1.54, 1.807) is 6.92 Å². The van der Waals surface area contributed by atoms with Gasteiger partial charge in [0.05, 0.1) is 10.2 Å². The van der Waals surface area contributed by atoms with Gasteiger partial charge in [-0.25, -0.2) is 4.98 Å². The Kier molecular flexibility index (Phi) is 1.88. The molecule has 0 bridgehead atoms. The molecule has 1 aromatic carbocycles. The second kappa shape index (κ2) is 2.92. The molecule has 1 aromatic heterocycles. The molecule has 0 N–H and O–H groups in total. The number of aromatic nitrogens is 1. The first-order valence-corrected chi connectivity index (χ1v) is 4.87. The Morgan fingerprint density at radius 3 is 2.85 bits per heavy atom. The Hall–Kier alpha value is -1.22. The molecule has 3 heteroatoms. The van der Waals surface area contributed by atoms with Crippen LogP contribution in [0.5, 0.6) is 0 Å². The van der Waals surface area contributed by atoms with Crippen molar-refractivity contribution < 1.29 is 4.79 Å².